The summed E-state index contributed by atoms with van der Waals surface area (Å²) in [6.07, 6.45) is 3.14. The highest BCUT2D eigenvalue weighted by Crippen LogP contribution is 2.30. The van der Waals surface area contributed by atoms with Crippen molar-refractivity contribution in [3.8, 4) is 0 Å². The van der Waals surface area contributed by atoms with Gasteiger partial charge in [0.25, 0.3) is 0 Å². The van der Waals surface area contributed by atoms with Gasteiger partial charge in [-0.25, -0.2) is 4.98 Å². The summed E-state index contributed by atoms with van der Waals surface area (Å²) in [5.74, 6) is 0.316. The van der Waals surface area contributed by atoms with E-state index in [1.165, 1.54) is 0 Å². The van der Waals surface area contributed by atoms with Crippen LogP contribution in [-0.4, -0.2) is 10.8 Å². The Bertz CT molecular complexity index is 588. The Hall–Kier alpha value is -1.90. The van der Waals surface area contributed by atoms with Gasteiger partial charge >= 0.3 is 0 Å². The zero-order valence-electron chi connectivity index (χ0n) is 9.52. The SMILES string of the molecule is Nc1cc(C(=O)C2CCC2)nc2ccccc12. The lowest BCUT2D eigenvalue weighted by Crippen LogP contribution is -2.23. The van der Waals surface area contributed by atoms with Gasteiger partial charge in [-0.15, -0.1) is 0 Å². The van der Waals surface area contributed by atoms with Gasteiger partial charge in [0.05, 0.1) is 5.52 Å². The van der Waals surface area contributed by atoms with Crippen LogP contribution in [0.15, 0.2) is 30.3 Å². The minimum Gasteiger partial charge on any atom is -0.398 e. The molecule has 1 fully saturated rings. The lowest BCUT2D eigenvalue weighted by Gasteiger charge is -2.23. The summed E-state index contributed by atoms with van der Waals surface area (Å²) in [4.78, 5) is 16.5. The number of ketones is 1. The van der Waals surface area contributed by atoms with Crippen molar-refractivity contribution in [3.63, 3.8) is 0 Å². The molecule has 1 aromatic heterocycles. The molecule has 0 aliphatic heterocycles. The van der Waals surface area contributed by atoms with Gasteiger partial charge in [0.2, 0.25) is 0 Å². The minimum absolute atomic E-state index is 0.147. The molecule has 0 bridgehead atoms. The van der Waals surface area contributed by atoms with Crippen LogP contribution >= 0.6 is 0 Å². The Balaban J connectivity index is 2.08. The number of nitrogens with zero attached hydrogens (tertiary/aromatic N) is 1. The highest BCUT2D eigenvalue weighted by Gasteiger charge is 2.27. The average Bonchev–Trinajstić information content (AvgIpc) is 2.26. The van der Waals surface area contributed by atoms with E-state index in [-0.39, 0.29) is 11.7 Å². The van der Waals surface area contributed by atoms with E-state index in [0.717, 1.165) is 30.2 Å². The number of rotatable bonds is 2. The smallest absolute Gasteiger partial charge is 0.184 e. The molecule has 2 N–H and O–H groups in total. The van der Waals surface area contributed by atoms with E-state index >= 15 is 0 Å². The second-order valence-electron chi connectivity index (χ2n) is 4.61. The lowest BCUT2D eigenvalue weighted by atomic mass is 9.81. The Labute approximate surface area is 99.7 Å². The number of para-hydroxylation sites is 1. The summed E-state index contributed by atoms with van der Waals surface area (Å²) >= 11 is 0. The summed E-state index contributed by atoms with van der Waals surface area (Å²) < 4.78 is 0. The van der Waals surface area contributed by atoms with Gasteiger partial charge in [-0.1, -0.05) is 24.6 Å². The largest absolute Gasteiger partial charge is 0.398 e. The molecule has 3 rings (SSSR count). The maximum absolute atomic E-state index is 12.1. The number of benzene rings is 1. The zero-order valence-corrected chi connectivity index (χ0v) is 9.52. The van der Waals surface area contributed by atoms with Crippen LogP contribution in [0.2, 0.25) is 0 Å². The molecule has 1 saturated carbocycles. The molecule has 2 aromatic rings. The third-order valence-corrected chi connectivity index (χ3v) is 3.48. The van der Waals surface area contributed by atoms with Gasteiger partial charge in [-0.3, -0.25) is 4.79 Å². The molecular formula is C14H14N2O. The molecule has 3 nitrogen and oxygen atoms in total. The second-order valence-corrected chi connectivity index (χ2v) is 4.61. The average molecular weight is 226 g/mol. The number of hydrogen-bond donors (Lipinski definition) is 1. The molecule has 1 aliphatic carbocycles. The van der Waals surface area contributed by atoms with Crippen molar-refractivity contribution >= 4 is 22.4 Å². The number of fused-ring (bicyclic) bond motifs is 1. The molecule has 0 radical (unpaired) electrons. The van der Waals surface area contributed by atoms with Crippen LogP contribution in [0.25, 0.3) is 10.9 Å². The normalized spacial score (nSPS) is 15.8. The number of Topliss-reactive ketones (excluding diaryl/α,β-unsaturated/α-hetero) is 1. The number of hydrogen-bond acceptors (Lipinski definition) is 3. The predicted octanol–water partition coefficient (Wildman–Crippen LogP) is 2.80. The Kier molecular flexibility index (Phi) is 2.32. The molecule has 86 valence electrons. The van der Waals surface area contributed by atoms with Crippen LogP contribution < -0.4 is 5.73 Å². The van der Waals surface area contributed by atoms with E-state index in [1.807, 2.05) is 24.3 Å². The Morgan fingerprint density at radius 2 is 2.06 bits per heavy atom. The van der Waals surface area contributed by atoms with Crippen molar-refractivity contribution in [1.29, 1.82) is 0 Å². The molecule has 0 unspecified atom stereocenters. The number of carbonyl (C=O) groups is 1. The van der Waals surface area contributed by atoms with Crippen molar-refractivity contribution in [3.05, 3.63) is 36.0 Å². The quantitative estimate of drug-likeness (QED) is 0.801. The number of pyridine rings is 1. The summed E-state index contributed by atoms with van der Waals surface area (Å²) in [6, 6.07) is 9.36. The fourth-order valence-corrected chi connectivity index (χ4v) is 2.21. The van der Waals surface area contributed by atoms with Crippen LogP contribution in [0.4, 0.5) is 5.69 Å². The topological polar surface area (TPSA) is 56.0 Å². The van der Waals surface area contributed by atoms with Gasteiger partial charge in [-0.2, -0.15) is 0 Å². The van der Waals surface area contributed by atoms with Crippen molar-refractivity contribution in [2.24, 2.45) is 5.92 Å². The number of nitrogens with two attached hydrogens (primary N) is 1. The van der Waals surface area contributed by atoms with Gasteiger partial charge in [0.1, 0.15) is 5.69 Å². The summed E-state index contributed by atoms with van der Waals surface area (Å²) in [5, 5.41) is 0.914. The summed E-state index contributed by atoms with van der Waals surface area (Å²) in [7, 11) is 0. The number of aromatic nitrogens is 1. The maximum Gasteiger partial charge on any atom is 0.184 e. The van der Waals surface area contributed by atoms with Crippen molar-refractivity contribution in [2.75, 3.05) is 5.73 Å². The molecule has 1 aliphatic rings. The van der Waals surface area contributed by atoms with Gasteiger partial charge in [0.15, 0.2) is 5.78 Å². The fraction of sp³-hybridized carbons (Fsp3) is 0.286. The van der Waals surface area contributed by atoms with Crippen molar-refractivity contribution in [2.45, 2.75) is 19.3 Å². The third kappa shape index (κ3) is 1.68. The second kappa shape index (κ2) is 3.84. The zero-order chi connectivity index (χ0) is 11.8. The van der Waals surface area contributed by atoms with Gasteiger partial charge in [0, 0.05) is 17.0 Å². The maximum atomic E-state index is 12.1. The first-order chi connectivity index (χ1) is 8.25. The lowest BCUT2D eigenvalue weighted by molar-refractivity contribution is 0.0850. The molecule has 0 spiro atoms. The molecule has 0 amide bonds. The van der Waals surface area contributed by atoms with Crippen LogP contribution in [0, 0.1) is 5.92 Å². The van der Waals surface area contributed by atoms with E-state index < -0.39 is 0 Å². The molecule has 0 saturated heterocycles. The van der Waals surface area contributed by atoms with E-state index in [1.54, 1.807) is 6.07 Å². The van der Waals surface area contributed by atoms with Crippen LogP contribution in [-0.2, 0) is 0 Å². The Morgan fingerprint density at radius 1 is 1.29 bits per heavy atom. The van der Waals surface area contributed by atoms with Crippen LogP contribution in [0.5, 0.6) is 0 Å². The monoisotopic (exact) mass is 226 g/mol. The third-order valence-electron chi connectivity index (χ3n) is 3.48. The van der Waals surface area contributed by atoms with Crippen LogP contribution in [0.1, 0.15) is 29.8 Å². The van der Waals surface area contributed by atoms with Crippen molar-refractivity contribution in [1.82, 2.24) is 4.98 Å². The highest BCUT2D eigenvalue weighted by atomic mass is 16.1. The van der Waals surface area contributed by atoms with E-state index in [4.69, 9.17) is 5.73 Å². The van der Waals surface area contributed by atoms with E-state index in [2.05, 4.69) is 4.98 Å². The minimum atomic E-state index is 0.147. The molecule has 0 atom stereocenters. The molecular weight excluding hydrogens is 212 g/mol. The molecule has 1 heterocycles. The Morgan fingerprint density at radius 3 is 2.76 bits per heavy atom. The first kappa shape index (κ1) is 10.3. The first-order valence-corrected chi connectivity index (χ1v) is 5.95. The summed E-state index contributed by atoms with van der Waals surface area (Å²) in [6.45, 7) is 0. The van der Waals surface area contributed by atoms with Gasteiger partial charge < -0.3 is 5.73 Å². The number of nitrogen functional groups attached to an aromatic ring is 1. The fourth-order valence-electron chi connectivity index (χ4n) is 2.21. The molecule has 17 heavy (non-hydrogen) atoms. The standard InChI is InChI=1S/C14H14N2O/c15-11-8-13(14(17)9-4-3-5-9)16-12-7-2-1-6-10(11)12/h1-2,6-9H,3-5H2,(H2,15,16). The first-order valence-electron chi connectivity index (χ1n) is 5.95. The number of anilines is 1. The van der Waals surface area contributed by atoms with Gasteiger partial charge in [-0.05, 0) is 25.0 Å². The van der Waals surface area contributed by atoms with Crippen LogP contribution in [0.3, 0.4) is 0 Å². The van der Waals surface area contributed by atoms with E-state index in [9.17, 15) is 4.79 Å². The predicted molar refractivity (Wildman–Crippen MR) is 67.8 cm³/mol. The van der Waals surface area contributed by atoms with Crippen molar-refractivity contribution < 1.29 is 4.79 Å². The van der Waals surface area contributed by atoms with E-state index in [0.29, 0.717) is 11.4 Å². The summed E-state index contributed by atoms with van der Waals surface area (Å²) in [5.41, 5.74) is 7.92. The molecule has 3 heteroatoms. The number of carbonyl (C=O) groups excluding carboxylic acids is 1. The highest BCUT2D eigenvalue weighted by molar-refractivity contribution is 6.01. The molecule has 1 aromatic carbocycles.